The van der Waals surface area contributed by atoms with Crippen LogP contribution in [0.4, 0.5) is 0 Å². The van der Waals surface area contributed by atoms with Crippen molar-refractivity contribution in [3.8, 4) is 0 Å². The van der Waals surface area contributed by atoms with E-state index in [9.17, 15) is 4.79 Å². The van der Waals surface area contributed by atoms with Gasteiger partial charge in [0.25, 0.3) is 5.91 Å². The maximum atomic E-state index is 10.8. The number of H-pyrrole nitrogens is 1. The van der Waals surface area contributed by atoms with Crippen molar-refractivity contribution < 1.29 is 4.79 Å². The van der Waals surface area contributed by atoms with E-state index in [4.69, 9.17) is 5.73 Å². The highest BCUT2D eigenvalue weighted by molar-refractivity contribution is 5.90. The van der Waals surface area contributed by atoms with Crippen LogP contribution in [0.25, 0.3) is 0 Å². The number of nitrogens with one attached hydrogen (secondary N) is 2. The van der Waals surface area contributed by atoms with Gasteiger partial charge in [0.2, 0.25) is 0 Å². The first-order valence-corrected chi connectivity index (χ1v) is 4.83. The quantitative estimate of drug-likeness (QED) is 0.618. The van der Waals surface area contributed by atoms with Crippen molar-refractivity contribution in [1.29, 1.82) is 0 Å². The molecule has 2 rings (SSSR count). The van der Waals surface area contributed by atoms with E-state index in [1.807, 2.05) is 0 Å². The van der Waals surface area contributed by atoms with Gasteiger partial charge in [0.1, 0.15) is 11.5 Å². The second kappa shape index (κ2) is 3.79. The Kier molecular flexibility index (Phi) is 2.49. The number of amides is 1. The lowest BCUT2D eigenvalue weighted by Crippen LogP contribution is -2.27. The Hall–Kier alpha value is -1.36. The fraction of sp³-hybridized carbons (Fsp3) is 0.556. The molecule has 0 atom stereocenters. The Balaban J connectivity index is 2.11. The van der Waals surface area contributed by atoms with E-state index in [-0.39, 0.29) is 0 Å². The van der Waals surface area contributed by atoms with E-state index in [1.165, 1.54) is 6.20 Å². The molecule has 1 aromatic rings. The van der Waals surface area contributed by atoms with E-state index in [0.717, 1.165) is 31.8 Å². The molecule has 0 aromatic carbocycles. The molecule has 76 valence electrons. The number of carbonyl (C=O) groups is 1. The standard InChI is InChI=1S/C9H14N4O/c10-8(14)7-5-12-9(13-7)6-1-3-11-4-2-6/h5-6,11H,1-4H2,(H2,10,14)(H,12,13). The van der Waals surface area contributed by atoms with Gasteiger partial charge in [0.15, 0.2) is 0 Å². The minimum Gasteiger partial charge on any atom is -0.364 e. The zero-order chi connectivity index (χ0) is 9.97. The number of primary amides is 1. The van der Waals surface area contributed by atoms with Gasteiger partial charge >= 0.3 is 0 Å². The van der Waals surface area contributed by atoms with E-state index < -0.39 is 5.91 Å². The van der Waals surface area contributed by atoms with Crippen molar-refractivity contribution in [2.45, 2.75) is 18.8 Å². The third-order valence-electron chi connectivity index (χ3n) is 2.59. The zero-order valence-corrected chi connectivity index (χ0v) is 7.92. The third-order valence-corrected chi connectivity index (χ3v) is 2.59. The fourth-order valence-corrected chi connectivity index (χ4v) is 1.76. The highest BCUT2D eigenvalue weighted by atomic mass is 16.1. The number of imidazole rings is 1. The SMILES string of the molecule is NC(=O)c1cnc(C2CCNCC2)[nH]1. The number of carbonyl (C=O) groups excluding carboxylic acids is 1. The minimum atomic E-state index is -0.447. The van der Waals surface area contributed by atoms with Crippen molar-refractivity contribution in [1.82, 2.24) is 15.3 Å². The topological polar surface area (TPSA) is 83.8 Å². The Bertz CT molecular complexity index is 327. The summed E-state index contributed by atoms with van der Waals surface area (Å²) in [7, 11) is 0. The van der Waals surface area contributed by atoms with Gasteiger partial charge in [0, 0.05) is 5.92 Å². The van der Waals surface area contributed by atoms with Gasteiger partial charge in [-0.15, -0.1) is 0 Å². The Morgan fingerprint density at radius 2 is 2.21 bits per heavy atom. The van der Waals surface area contributed by atoms with Crippen LogP contribution in [0.1, 0.15) is 35.1 Å². The maximum absolute atomic E-state index is 10.8. The van der Waals surface area contributed by atoms with Crippen LogP contribution < -0.4 is 11.1 Å². The molecule has 5 heteroatoms. The van der Waals surface area contributed by atoms with Gasteiger partial charge in [-0.2, -0.15) is 0 Å². The highest BCUT2D eigenvalue weighted by Crippen LogP contribution is 2.21. The number of rotatable bonds is 2. The summed E-state index contributed by atoms with van der Waals surface area (Å²) >= 11 is 0. The average molecular weight is 194 g/mol. The predicted molar refractivity (Wildman–Crippen MR) is 52.0 cm³/mol. The molecule has 1 saturated heterocycles. The number of nitrogens with zero attached hydrogens (tertiary/aromatic N) is 1. The first-order valence-electron chi connectivity index (χ1n) is 4.83. The number of piperidine rings is 1. The molecule has 0 bridgehead atoms. The second-order valence-electron chi connectivity index (χ2n) is 3.57. The molecule has 0 radical (unpaired) electrons. The summed E-state index contributed by atoms with van der Waals surface area (Å²) in [5.74, 6) is 0.877. The van der Waals surface area contributed by atoms with Crippen LogP contribution in [-0.4, -0.2) is 29.0 Å². The summed E-state index contributed by atoms with van der Waals surface area (Å²) in [6.45, 7) is 2.02. The molecule has 0 saturated carbocycles. The van der Waals surface area contributed by atoms with Crippen molar-refractivity contribution in [3.63, 3.8) is 0 Å². The third kappa shape index (κ3) is 1.77. The van der Waals surface area contributed by atoms with Gasteiger partial charge in [-0.1, -0.05) is 0 Å². The molecule has 5 nitrogen and oxygen atoms in total. The number of aromatic amines is 1. The lowest BCUT2D eigenvalue weighted by molar-refractivity contribution is 0.0996. The van der Waals surface area contributed by atoms with Gasteiger partial charge < -0.3 is 16.0 Å². The second-order valence-corrected chi connectivity index (χ2v) is 3.57. The average Bonchev–Trinajstić information content (AvgIpc) is 2.68. The van der Waals surface area contributed by atoms with E-state index >= 15 is 0 Å². The molecule has 1 amide bonds. The van der Waals surface area contributed by atoms with Crippen LogP contribution in [0.3, 0.4) is 0 Å². The number of hydrogen-bond donors (Lipinski definition) is 3. The van der Waals surface area contributed by atoms with Gasteiger partial charge in [-0.25, -0.2) is 4.98 Å². The molecule has 14 heavy (non-hydrogen) atoms. The molecule has 1 aliphatic heterocycles. The van der Waals surface area contributed by atoms with E-state index in [1.54, 1.807) is 0 Å². The minimum absolute atomic E-state index is 0.401. The van der Waals surface area contributed by atoms with Gasteiger partial charge in [-0.05, 0) is 25.9 Å². The number of hydrogen-bond acceptors (Lipinski definition) is 3. The summed E-state index contributed by atoms with van der Waals surface area (Å²) in [5, 5.41) is 3.28. The summed E-state index contributed by atoms with van der Waals surface area (Å²) < 4.78 is 0. The number of nitrogens with two attached hydrogens (primary N) is 1. The fourth-order valence-electron chi connectivity index (χ4n) is 1.76. The first kappa shape index (κ1) is 9.21. The Morgan fingerprint density at radius 1 is 1.50 bits per heavy atom. The normalized spacial score (nSPS) is 18.3. The molecule has 4 N–H and O–H groups in total. The number of aromatic nitrogens is 2. The van der Waals surface area contributed by atoms with Gasteiger partial charge in [-0.3, -0.25) is 4.79 Å². The lowest BCUT2D eigenvalue weighted by Gasteiger charge is -2.20. The summed E-state index contributed by atoms with van der Waals surface area (Å²) in [4.78, 5) is 18.0. The molecule has 0 spiro atoms. The van der Waals surface area contributed by atoms with Gasteiger partial charge in [0.05, 0.1) is 6.20 Å². The van der Waals surface area contributed by atoms with Crippen molar-refractivity contribution in [2.75, 3.05) is 13.1 Å². The molecular weight excluding hydrogens is 180 g/mol. The molecule has 0 unspecified atom stereocenters. The van der Waals surface area contributed by atoms with Crippen molar-refractivity contribution >= 4 is 5.91 Å². The smallest absolute Gasteiger partial charge is 0.266 e. The summed E-state index contributed by atoms with van der Waals surface area (Å²) in [6, 6.07) is 0. The summed E-state index contributed by atoms with van der Waals surface area (Å²) in [6.07, 6.45) is 3.64. The van der Waals surface area contributed by atoms with Crippen LogP contribution >= 0.6 is 0 Å². The van der Waals surface area contributed by atoms with Crippen LogP contribution in [0.2, 0.25) is 0 Å². The van der Waals surface area contributed by atoms with Crippen LogP contribution in [0, 0.1) is 0 Å². The molecule has 0 aliphatic carbocycles. The van der Waals surface area contributed by atoms with Crippen molar-refractivity contribution in [2.24, 2.45) is 5.73 Å². The van der Waals surface area contributed by atoms with Crippen molar-refractivity contribution in [3.05, 3.63) is 17.7 Å². The zero-order valence-electron chi connectivity index (χ0n) is 7.92. The molecule has 2 heterocycles. The van der Waals surface area contributed by atoms with Crippen LogP contribution in [0.5, 0.6) is 0 Å². The van der Waals surface area contributed by atoms with E-state index in [0.29, 0.717) is 11.6 Å². The predicted octanol–water partition coefficient (Wildman–Crippen LogP) is -0.0244. The Morgan fingerprint density at radius 3 is 2.79 bits per heavy atom. The monoisotopic (exact) mass is 194 g/mol. The Labute approximate surface area is 82.1 Å². The van der Waals surface area contributed by atoms with Crippen LogP contribution in [0.15, 0.2) is 6.20 Å². The van der Waals surface area contributed by atoms with Crippen LogP contribution in [-0.2, 0) is 0 Å². The molecule has 1 fully saturated rings. The first-order chi connectivity index (χ1) is 6.77. The maximum Gasteiger partial charge on any atom is 0.266 e. The lowest BCUT2D eigenvalue weighted by atomic mass is 9.98. The highest BCUT2D eigenvalue weighted by Gasteiger charge is 2.18. The van der Waals surface area contributed by atoms with E-state index in [2.05, 4.69) is 15.3 Å². The largest absolute Gasteiger partial charge is 0.364 e. The summed E-state index contributed by atoms with van der Waals surface area (Å²) in [5.41, 5.74) is 5.54. The molecular formula is C9H14N4O. The molecule has 1 aromatic heterocycles. The molecule has 1 aliphatic rings.